The largest absolute Gasteiger partial charge is 0.355 e. The van der Waals surface area contributed by atoms with Crippen LogP contribution in [0.25, 0.3) is 10.2 Å². The molecule has 1 aromatic heterocycles. The molecule has 0 atom stereocenters. The molecule has 0 aliphatic carbocycles. The number of carbonyl (C=O) groups is 1. The van der Waals surface area contributed by atoms with E-state index in [0.29, 0.717) is 0 Å². The molecule has 25 heavy (non-hydrogen) atoms. The topological polar surface area (TPSA) is 45.2 Å². The van der Waals surface area contributed by atoms with E-state index in [1.165, 1.54) is 21.4 Å². The van der Waals surface area contributed by atoms with Gasteiger partial charge < -0.3 is 5.32 Å². The molecular formula is C20H21N3OS. The molecule has 5 heteroatoms. The Morgan fingerprint density at radius 3 is 2.84 bits per heavy atom. The van der Waals surface area contributed by atoms with Crippen molar-refractivity contribution in [1.82, 2.24) is 15.2 Å². The van der Waals surface area contributed by atoms with Crippen molar-refractivity contribution in [1.29, 1.82) is 0 Å². The maximum absolute atomic E-state index is 11.8. The van der Waals surface area contributed by atoms with Crippen molar-refractivity contribution in [2.75, 3.05) is 20.1 Å². The highest BCUT2D eigenvalue weighted by Crippen LogP contribution is 2.22. The van der Waals surface area contributed by atoms with Gasteiger partial charge in [0, 0.05) is 32.2 Å². The van der Waals surface area contributed by atoms with E-state index in [9.17, 15) is 4.79 Å². The predicted molar refractivity (Wildman–Crippen MR) is 102 cm³/mol. The number of amides is 1. The van der Waals surface area contributed by atoms with Crippen LogP contribution in [-0.2, 0) is 19.4 Å². The SMILES string of the molecule is CNC(=O)c1ccc2c(c1)CCN(Cc1ccc3scnc3c1)CC2. The van der Waals surface area contributed by atoms with Crippen LogP contribution in [0.4, 0.5) is 0 Å². The minimum Gasteiger partial charge on any atom is -0.355 e. The van der Waals surface area contributed by atoms with Gasteiger partial charge in [-0.05, 0) is 53.8 Å². The van der Waals surface area contributed by atoms with E-state index < -0.39 is 0 Å². The van der Waals surface area contributed by atoms with Crippen LogP contribution in [0, 0.1) is 0 Å². The van der Waals surface area contributed by atoms with Crippen molar-refractivity contribution in [2.45, 2.75) is 19.4 Å². The lowest BCUT2D eigenvalue weighted by Crippen LogP contribution is -2.25. The third kappa shape index (κ3) is 3.43. The number of hydrogen-bond acceptors (Lipinski definition) is 4. The molecule has 0 fully saturated rings. The van der Waals surface area contributed by atoms with E-state index in [1.54, 1.807) is 18.4 Å². The summed E-state index contributed by atoms with van der Waals surface area (Å²) in [5.74, 6) is -0.0135. The maximum Gasteiger partial charge on any atom is 0.251 e. The number of nitrogens with zero attached hydrogens (tertiary/aromatic N) is 2. The fraction of sp³-hybridized carbons (Fsp3) is 0.300. The van der Waals surface area contributed by atoms with E-state index in [1.807, 2.05) is 11.6 Å². The summed E-state index contributed by atoms with van der Waals surface area (Å²) in [7, 11) is 1.68. The second-order valence-corrected chi connectivity index (χ2v) is 7.38. The first kappa shape index (κ1) is 16.2. The number of nitrogens with one attached hydrogen (secondary N) is 1. The van der Waals surface area contributed by atoms with Gasteiger partial charge in [-0.2, -0.15) is 0 Å². The van der Waals surface area contributed by atoms with Gasteiger partial charge in [0.25, 0.3) is 5.91 Å². The van der Waals surface area contributed by atoms with Gasteiger partial charge in [-0.3, -0.25) is 9.69 Å². The average Bonchev–Trinajstić information content (AvgIpc) is 3.02. The van der Waals surface area contributed by atoms with Gasteiger partial charge in [0.15, 0.2) is 0 Å². The van der Waals surface area contributed by atoms with Gasteiger partial charge in [0.1, 0.15) is 0 Å². The Labute approximate surface area is 151 Å². The zero-order valence-corrected chi connectivity index (χ0v) is 15.1. The normalized spacial score (nSPS) is 14.9. The zero-order chi connectivity index (χ0) is 17.2. The maximum atomic E-state index is 11.8. The second kappa shape index (κ2) is 6.94. The molecule has 0 unspecified atom stereocenters. The van der Waals surface area contributed by atoms with E-state index in [4.69, 9.17) is 0 Å². The highest BCUT2D eigenvalue weighted by molar-refractivity contribution is 7.16. The Morgan fingerprint density at radius 2 is 2.00 bits per heavy atom. The molecule has 0 saturated heterocycles. The number of rotatable bonds is 3. The summed E-state index contributed by atoms with van der Waals surface area (Å²) >= 11 is 1.69. The standard InChI is InChI=1S/C20H21N3OS/c1-21-20(24)17-4-3-15-6-8-23(9-7-16(15)11-17)12-14-2-5-19-18(10-14)22-13-25-19/h2-5,10-11,13H,6-9,12H2,1H3,(H,21,24). The highest BCUT2D eigenvalue weighted by atomic mass is 32.1. The average molecular weight is 351 g/mol. The fourth-order valence-electron chi connectivity index (χ4n) is 3.48. The number of fused-ring (bicyclic) bond motifs is 2. The summed E-state index contributed by atoms with van der Waals surface area (Å²) in [4.78, 5) is 18.8. The van der Waals surface area contributed by atoms with E-state index in [2.05, 4.69) is 45.5 Å². The minimum atomic E-state index is -0.0135. The first-order valence-corrected chi connectivity index (χ1v) is 9.49. The Hall–Kier alpha value is -2.24. The third-order valence-electron chi connectivity index (χ3n) is 4.89. The summed E-state index contributed by atoms with van der Waals surface area (Å²) in [6.45, 7) is 3.00. The summed E-state index contributed by atoms with van der Waals surface area (Å²) < 4.78 is 1.24. The van der Waals surface area contributed by atoms with Gasteiger partial charge in [0.2, 0.25) is 0 Å². The van der Waals surface area contributed by atoms with E-state index in [0.717, 1.165) is 43.6 Å². The van der Waals surface area contributed by atoms with Gasteiger partial charge in [-0.1, -0.05) is 12.1 Å². The summed E-state index contributed by atoms with van der Waals surface area (Å²) in [6, 6.07) is 12.7. The quantitative estimate of drug-likeness (QED) is 0.788. The highest BCUT2D eigenvalue weighted by Gasteiger charge is 2.16. The summed E-state index contributed by atoms with van der Waals surface area (Å²) in [5.41, 5.74) is 7.74. The lowest BCUT2D eigenvalue weighted by Gasteiger charge is -2.19. The summed E-state index contributed by atoms with van der Waals surface area (Å²) in [5, 5.41) is 2.70. The number of aromatic nitrogens is 1. The van der Waals surface area contributed by atoms with Crippen LogP contribution < -0.4 is 5.32 Å². The van der Waals surface area contributed by atoms with Crippen LogP contribution in [0.15, 0.2) is 41.9 Å². The molecule has 0 spiro atoms. The minimum absolute atomic E-state index is 0.0135. The van der Waals surface area contributed by atoms with E-state index >= 15 is 0 Å². The van der Waals surface area contributed by atoms with Crippen LogP contribution in [0.5, 0.6) is 0 Å². The molecule has 2 heterocycles. The Morgan fingerprint density at radius 1 is 1.16 bits per heavy atom. The molecule has 0 saturated carbocycles. The third-order valence-corrected chi connectivity index (χ3v) is 5.70. The van der Waals surface area contributed by atoms with Crippen molar-refractivity contribution >= 4 is 27.5 Å². The molecule has 1 amide bonds. The Bertz CT molecular complexity index is 918. The predicted octanol–water partition coefficient (Wildman–Crippen LogP) is 3.26. The smallest absolute Gasteiger partial charge is 0.251 e. The van der Waals surface area contributed by atoms with Crippen LogP contribution in [0.1, 0.15) is 27.0 Å². The first-order valence-electron chi connectivity index (χ1n) is 8.61. The van der Waals surface area contributed by atoms with Gasteiger partial charge in [-0.15, -0.1) is 11.3 Å². The van der Waals surface area contributed by atoms with Crippen molar-refractivity contribution in [2.24, 2.45) is 0 Å². The molecule has 1 aliphatic rings. The molecule has 4 nitrogen and oxygen atoms in total. The molecule has 1 aliphatic heterocycles. The van der Waals surface area contributed by atoms with Crippen LogP contribution in [-0.4, -0.2) is 35.9 Å². The Balaban J connectivity index is 1.48. The summed E-state index contributed by atoms with van der Waals surface area (Å²) in [6.07, 6.45) is 2.02. The first-order chi connectivity index (χ1) is 12.2. The molecule has 128 valence electrons. The van der Waals surface area contributed by atoms with Crippen LogP contribution in [0.3, 0.4) is 0 Å². The number of benzene rings is 2. The van der Waals surface area contributed by atoms with Gasteiger partial charge in [0.05, 0.1) is 15.7 Å². The van der Waals surface area contributed by atoms with E-state index in [-0.39, 0.29) is 5.91 Å². The molecule has 4 rings (SSSR count). The lowest BCUT2D eigenvalue weighted by atomic mass is 10.00. The fourth-order valence-corrected chi connectivity index (χ4v) is 4.13. The van der Waals surface area contributed by atoms with Gasteiger partial charge in [-0.25, -0.2) is 4.98 Å². The number of thiazole rings is 1. The number of hydrogen-bond donors (Lipinski definition) is 1. The molecule has 0 bridgehead atoms. The molecule has 0 radical (unpaired) electrons. The monoisotopic (exact) mass is 351 g/mol. The lowest BCUT2D eigenvalue weighted by molar-refractivity contribution is 0.0963. The van der Waals surface area contributed by atoms with Crippen LogP contribution >= 0.6 is 11.3 Å². The molecule has 1 N–H and O–H groups in total. The van der Waals surface area contributed by atoms with Crippen molar-refractivity contribution in [3.8, 4) is 0 Å². The van der Waals surface area contributed by atoms with Crippen molar-refractivity contribution < 1.29 is 4.79 Å². The Kier molecular flexibility index (Phi) is 4.51. The molecule has 3 aromatic rings. The second-order valence-electron chi connectivity index (χ2n) is 6.49. The van der Waals surface area contributed by atoms with Crippen molar-refractivity contribution in [3.63, 3.8) is 0 Å². The van der Waals surface area contributed by atoms with Crippen molar-refractivity contribution in [3.05, 3.63) is 64.2 Å². The zero-order valence-electron chi connectivity index (χ0n) is 14.3. The number of carbonyl (C=O) groups excluding carboxylic acids is 1. The van der Waals surface area contributed by atoms with Crippen LogP contribution in [0.2, 0.25) is 0 Å². The van der Waals surface area contributed by atoms with Gasteiger partial charge >= 0.3 is 0 Å². The molecule has 2 aromatic carbocycles. The molecular weight excluding hydrogens is 330 g/mol.